The van der Waals surface area contributed by atoms with Crippen molar-refractivity contribution in [3.63, 3.8) is 0 Å². The maximum absolute atomic E-state index is 12.5. The fraction of sp³-hybridized carbons (Fsp3) is 0.333. The van der Waals surface area contributed by atoms with E-state index in [0.717, 1.165) is 0 Å². The van der Waals surface area contributed by atoms with Gasteiger partial charge in [-0.25, -0.2) is 0 Å². The Morgan fingerprint density at radius 1 is 1.15 bits per heavy atom. The first-order valence-corrected chi connectivity index (χ1v) is 8.58. The molecule has 1 fully saturated rings. The van der Waals surface area contributed by atoms with E-state index in [4.69, 9.17) is 4.42 Å². The number of furan rings is 1. The fourth-order valence-corrected chi connectivity index (χ4v) is 3.01. The Labute approximate surface area is 155 Å². The molecular weight excluding hydrogens is 352 g/mol. The van der Waals surface area contributed by atoms with Crippen LogP contribution in [0, 0.1) is 10.1 Å². The first-order chi connectivity index (χ1) is 13.0. The van der Waals surface area contributed by atoms with Crippen LogP contribution in [0.1, 0.15) is 17.5 Å². The molecule has 9 nitrogen and oxygen atoms in total. The van der Waals surface area contributed by atoms with Gasteiger partial charge in [-0.2, -0.15) is 0 Å². The van der Waals surface area contributed by atoms with Gasteiger partial charge in [-0.3, -0.25) is 24.6 Å². The molecule has 0 bridgehead atoms. The lowest BCUT2D eigenvalue weighted by Crippen LogP contribution is -2.54. The van der Waals surface area contributed by atoms with Gasteiger partial charge in [-0.1, -0.05) is 12.1 Å². The number of carbonyl (C=O) groups excluding carboxylic acids is 2. The molecule has 9 heteroatoms. The molecule has 2 amide bonds. The number of nitrogens with zero attached hydrogens (tertiary/aromatic N) is 3. The van der Waals surface area contributed by atoms with Gasteiger partial charge in [-0.05, 0) is 25.1 Å². The summed E-state index contributed by atoms with van der Waals surface area (Å²) >= 11 is 0. The second-order valence-corrected chi connectivity index (χ2v) is 6.24. The van der Waals surface area contributed by atoms with E-state index in [2.05, 4.69) is 5.32 Å². The van der Waals surface area contributed by atoms with E-state index >= 15 is 0 Å². The summed E-state index contributed by atoms with van der Waals surface area (Å²) in [4.78, 5) is 39.0. The third-order valence-electron chi connectivity index (χ3n) is 4.62. The quantitative estimate of drug-likeness (QED) is 0.635. The van der Waals surface area contributed by atoms with Crippen LogP contribution in [0.25, 0.3) is 0 Å². The van der Waals surface area contributed by atoms with E-state index < -0.39 is 11.0 Å². The Morgan fingerprint density at radius 2 is 1.85 bits per heavy atom. The predicted octanol–water partition coefficient (Wildman–Crippen LogP) is 1.97. The van der Waals surface area contributed by atoms with Gasteiger partial charge in [0.1, 0.15) is 5.69 Å². The Kier molecular flexibility index (Phi) is 5.51. The van der Waals surface area contributed by atoms with Crippen molar-refractivity contribution in [3.05, 3.63) is 58.5 Å². The number of carbonyl (C=O) groups is 2. The summed E-state index contributed by atoms with van der Waals surface area (Å²) in [6, 6.07) is 8.84. The van der Waals surface area contributed by atoms with Crippen molar-refractivity contribution in [2.24, 2.45) is 0 Å². The maximum Gasteiger partial charge on any atom is 0.292 e. The minimum Gasteiger partial charge on any atom is -0.459 e. The molecular formula is C18H20N4O5. The number of piperazine rings is 1. The molecule has 1 atom stereocenters. The van der Waals surface area contributed by atoms with Crippen molar-refractivity contribution in [2.45, 2.75) is 13.0 Å². The molecule has 1 N–H and O–H groups in total. The highest BCUT2D eigenvalue weighted by Crippen LogP contribution is 2.23. The maximum atomic E-state index is 12.5. The van der Waals surface area contributed by atoms with Gasteiger partial charge >= 0.3 is 0 Å². The number of amides is 2. The number of rotatable bonds is 5. The predicted molar refractivity (Wildman–Crippen MR) is 97.4 cm³/mol. The van der Waals surface area contributed by atoms with Crippen molar-refractivity contribution in [3.8, 4) is 0 Å². The van der Waals surface area contributed by atoms with Gasteiger partial charge in [0, 0.05) is 32.2 Å². The van der Waals surface area contributed by atoms with Crippen LogP contribution in [0.4, 0.5) is 11.4 Å². The SMILES string of the molecule is C[C@H](C(=O)Nc1ccccc1[N+](=O)[O-])N1CCN(C(=O)c2ccco2)CC1. The second-order valence-electron chi connectivity index (χ2n) is 6.24. The summed E-state index contributed by atoms with van der Waals surface area (Å²) in [6.45, 7) is 3.75. The van der Waals surface area contributed by atoms with E-state index in [1.165, 1.54) is 18.4 Å². The molecule has 0 radical (unpaired) electrons. The van der Waals surface area contributed by atoms with Gasteiger partial charge in [-0.15, -0.1) is 0 Å². The molecule has 1 aliphatic rings. The highest BCUT2D eigenvalue weighted by atomic mass is 16.6. The Hall–Kier alpha value is -3.20. The number of nitro benzene ring substituents is 1. The summed E-state index contributed by atoms with van der Waals surface area (Å²) in [5.74, 6) is -0.197. The number of nitrogens with one attached hydrogen (secondary N) is 1. The standard InChI is InChI=1S/C18H20N4O5/c1-13(17(23)19-14-5-2-3-6-15(14)22(25)26)20-8-10-21(11-9-20)18(24)16-7-4-12-27-16/h2-7,12-13H,8-11H2,1H3,(H,19,23)/t13-/m1/s1. The molecule has 2 aromatic rings. The molecule has 2 heterocycles. The van der Waals surface area contributed by atoms with Gasteiger partial charge in [0.2, 0.25) is 5.91 Å². The smallest absolute Gasteiger partial charge is 0.292 e. The Balaban J connectivity index is 1.57. The summed E-state index contributed by atoms with van der Waals surface area (Å²) in [7, 11) is 0. The number of hydrogen-bond acceptors (Lipinski definition) is 6. The summed E-state index contributed by atoms with van der Waals surface area (Å²) in [6.07, 6.45) is 1.46. The van der Waals surface area contributed by atoms with E-state index in [1.807, 2.05) is 4.90 Å². The molecule has 27 heavy (non-hydrogen) atoms. The molecule has 1 aromatic carbocycles. The van der Waals surface area contributed by atoms with Crippen molar-refractivity contribution < 1.29 is 18.9 Å². The first-order valence-electron chi connectivity index (χ1n) is 8.58. The number of anilines is 1. The van der Waals surface area contributed by atoms with E-state index in [-0.39, 0.29) is 23.2 Å². The molecule has 3 rings (SSSR count). The van der Waals surface area contributed by atoms with Crippen LogP contribution >= 0.6 is 0 Å². The average molecular weight is 372 g/mol. The highest BCUT2D eigenvalue weighted by Gasteiger charge is 2.29. The lowest BCUT2D eigenvalue weighted by Gasteiger charge is -2.37. The van der Waals surface area contributed by atoms with Crippen molar-refractivity contribution in [2.75, 3.05) is 31.5 Å². The molecule has 1 aromatic heterocycles. The van der Waals surface area contributed by atoms with Crippen LogP contribution in [-0.4, -0.2) is 58.8 Å². The number of nitro groups is 1. The lowest BCUT2D eigenvalue weighted by molar-refractivity contribution is -0.383. The molecule has 142 valence electrons. The van der Waals surface area contributed by atoms with E-state index in [1.54, 1.807) is 36.1 Å². The van der Waals surface area contributed by atoms with Crippen LogP contribution in [0.15, 0.2) is 47.1 Å². The molecule has 1 aliphatic heterocycles. The van der Waals surface area contributed by atoms with Crippen molar-refractivity contribution in [1.82, 2.24) is 9.80 Å². The van der Waals surface area contributed by atoms with Gasteiger partial charge < -0.3 is 14.6 Å². The average Bonchev–Trinajstić information content (AvgIpc) is 3.22. The molecule has 0 unspecified atom stereocenters. The molecule has 0 spiro atoms. The lowest BCUT2D eigenvalue weighted by atomic mass is 10.2. The van der Waals surface area contributed by atoms with Crippen molar-refractivity contribution >= 4 is 23.2 Å². The summed E-state index contributed by atoms with van der Waals surface area (Å²) in [5, 5.41) is 13.7. The zero-order valence-electron chi connectivity index (χ0n) is 14.8. The number of hydrogen-bond donors (Lipinski definition) is 1. The topological polar surface area (TPSA) is 109 Å². The van der Waals surface area contributed by atoms with Crippen LogP contribution in [0.3, 0.4) is 0 Å². The third kappa shape index (κ3) is 4.14. The number of benzene rings is 1. The van der Waals surface area contributed by atoms with E-state index in [0.29, 0.717) is 31.9 Å². The van der Waals surface area contributed by atoms with Crippen molar-refractivity contribution in [1.29, 1.82) is 0 Å². The zero-order valence-corrected chi connectivity index (χ0v) is 14.8. The minimum absolute atomic E-state index is 0.146. The fourth-order valence-electron chi connectivity index (χ4n) is 3.01. The summed E-state index contributed by atoms with van der Waals surface area (Å²) < 4.78 is 5.13. The monoisotopic (exact) mass is 372 g/mol. The highest BCUT2D eigenvalue weighted by molar-refractivity contribution is 5.96. The molecule has 0 aliphatic carbocycles. The Morgan fingerprint density at radius 3 is 2.48 bits per heavy atom. The van der Waals surface area contributed by atoms with Gasteiger partial charge in [0.15, 0.2) is 5.76 Å². The molecule has 0 saturated carbocycles. The van der Waals surface area contributed by atoms with Gasteiger partial charge in [0.05, 0.1) is 17.2 Å². The largest absolute Gasteiger partial charge is 0.459 e. The normalized spacial score (nSPS) is 16.0. The van der Waals surface area contributed by atoms with Crippen LogP contribution in [0.5, 0.6) is 0 Å². The third-order valence-corrected chi connectivity index (χ3v) is 4.62. The van der Waals surface area contributed by atoms with Crippen LogP contribution in [0.2, 0.25) is 0 Å². The van der Waals surface area contributed by atoms with Gasteiger partial charge in [0.25, 0.3) is 11.6 Å². The van der Waals surface area contributed by atoms with Crippen LogP contribution < -0.4 is 5.32 Å². The first kappa shape index (κ1) is 18.6. The minimum atomic E-state index is -0.528. The van der Waals surface area contributed by atoms with Crippen LogP contribution in [-0.2, 0) is 4.79 Å². The zero-order chi connectivity index (χ0) is 19.4. The number of para-hydroxylation sites is 2. The summed E-state index contributed by atoms with van der Waals surface area (Å²) in [5.41, 5.74) is 0.0258. The van der Waals surface area contributed by atoms with E-state index in [9.17, 15) is 19.7 Å². The Bertz CT molecular complexity index is 828. The second kappa shape index (κ2) is 8.00. The molecule has 1 saturated heterocycles.